The monoisotopic (exact) mass is 328 g/mol. The van der Waals surface area contributed by atoms with Crippen LogP contribution in [0.5, 0.6) is 11.5 Å². The molecule has 0 saturated heterocycles. The molecule has 2 aliphatic rings. The quantitative estimate of drug-likeness (QED) is 0.875. The number of nitrogens with zero attached hydrogens (tertiary/aromatic N) is 3. The fourth-order valence-electron chi connectivity index (χ4n) is 3.04. The van der Waals surface area contributed by atoms with E-state index in [1.807, 2.05) is 29.8 Å². The zero-order valence-corrected chi connectivity index (χ0v) is 13.6. The van der Waals surface area contributed by atoms with Crippen molar-refractivity contribution in [1.29, 1.82) is 0 Å². The minimum Gasteiger partial charge on any atom is -0.454 e. The molecule has 2 heterocycles. The Morgan fingerprint density at radius 1 is 1.38 bits per heavy atom. The summed E-state index contributed by atoms with van der Waals surface area (Å²) >= 11 is 0. The maximum Gasteiger partial charge on any atom is 0.231 e. The number of carbonyl (C=O) groups is 1. The van der Waals surface area contributed by atoms with Crippen molar-refractivity contribution >= 4 is 5.91 Å². The number of rotatable bonds is 6. The molecule has 1 aromatic carbocycles. The second-order valence-electron chi connectivity index (χ2n) is 6.18. The number of nitrogens with one attached hydrogen (secondary N) is 1. The molecule has 24 heavy (non-hydrogen) atoms. The standard InChI is InChI=1S/C17H20N4O3/c1-2-21-17(18-9-19-21)16(12-4-5-12)20-15(22)8-11-3-6-13-14(7-11)24-10-23-13/h3,6-7,9,12,16H,2,4-5,8,10H2,1H3,(H,20,22)/t16-/m0/s1. The average Bonchev–Trinajstić information content (AvgIpc) is 3.13. The Bertz CT molecular complexity index is 754. The lowest BCUT2D eigenvalue weighted by Gasteiger charge is -2.18. The van der Waals surface area contributed by atoms with Gasteiger partial charge in [0.1, 0.15) is 12.2 Å². The topological polar surface area (TPSA) is 78.3 Å². The van der Waals surface area contributed by atoms with Crippen molar-refractivity contribution < 1.29 is 14.3 Å². The second-order valence-corrected chi connectivity index (χ2v) is 6.18. The molecule has 1 aromatic heterocycles. The molecule has 0 bridgehead atoms. The van der Waals surface area contributed by atoms with Crippen LogP contribution in [0.15, 0.2) is 24.5 Å². The molecule has 4 rings (SSSR count). The lowest BCUT2D eigenvalue weighted by molar-refractivity contribution is -0.121. The molecule has 2 aromatic rings. The van der Waals surface area contributed by atoms with Crippen molar-refractivity contribution in [3.8, 4) is 11.5 Å². The number of amides is 1. The Balaban J connectivity index is 1.46. The van der Waals surface area contributed by atoms with E-state index in [1.165, 1.54) is 0 Å². The Hall–Kier alpha value is -2.57. The van der Waals surface area contributed by atoms with Crippen molar-refractivity contribution in [3.05, 3.63) is 35.9 Å². The van der Waals surface area contributed by atoms with Crippen LogP contribution in [0, 0.1) is 5.92 Å². The van der Waals surface area contributed by atoms with Gasteiger partial charge in [-0.2, -0.15) is 5.10 Å². The summed E-state index contributed by atoms with van der Waals surface area (Å²) in [5, 5.41) is 7.36. The van der Waals surface area contributed by atoms with Gasteiger partial charge in [0.05, 0.1) is 12.5 Å². The van der Waals surface area contributed by atoms with Gasteiger partial charge in [0, 0.05) is 6.54 Å². The summed E-state index contributed by atoms with van der Waals surface area (Å²) in [4.78, 5) is 16.9. The zero-order chi connectivity index (χ0) is 16.5. The summed E-state index contributed by atoms with van der Waals surface area (Å²) < 4.78 is 12.5. The van der Waals surface area contributed by atoms with Crippen LogP contribution in [0.2, 0.25) is 0 Å². The highest BCUT2D eigenvalue weighted by molar-refractivity contribution is 5.79. The van der Waals surface area contributed by atoms with E-state index in [0.29, 0.717) is 18.1 Å². The summed E-state index contributed by atoms with van der Waals surface area (Å²) in [6.45, 7) is 3.01. The molecule has 1 saturated carbocycles. The van der Waals surface area contributed by atoms with Gasteiger partial charge >= 0.3 is 0 Å². The fraction of sp³-hybridized carbons (Fsp3) is 0.471. The first-order valence-corrected chi connectivity index (χ1v) is 8.30. The lowest BCUT2D eigenvalue weighted by Crippen LogP contribution is -2.33. The second kappa shape index (κ2) is 6.14. The summed E-state index contributed by atoms with van der Waals surface area (Å²) in [6, 6.07) is 5.54. The molecule has 7 heteroatoms. The minimum absolute atomic E-state index is 0.0172. The first kappa shape index (κ1) is 15.0. The number of hydrogen-bond donors (Lipinski definition) is 1. The third-order valence-corrected chi connectivity index (χ3v) is 4.43. The lowest BCUT2D eigenvalue weighted by atomic mass is 10.1. The highest BCUT2D eigenvalue weighted by Gasteiger charge is 2.36. The van der Waals surface area contributed by atoms with E-state index >= 15 is 0 Å². The molecular weight excluding hydrogens is 308 g/mol. The fourth-order valence-corrected chi connectivity index (χ4v) is 3.04. The SMILES string of the molecule is CCn1ncnc1[C@@H](NC(=O)Cc1ccc2c(c1)OCO2)C1CC1. The van der Waals surface area contributed by atoms with E-state index in [0.717, 1.165) is 36.5 Å². The predicted octanol–water partition coefficient (Wildman–Crippen LogP) is 1.84. The molecule has 126 valence electrons. The Morgan fingerprint density at radius 2 is 2.21 bits per heavy atom. The summed E-state index contributed by atoms with van der Waals surface area (Å²) in [5.74, 6) is 2.71. The molecule has 0 radical (unpaired) electrons. The maximum atomic E-state index is 12.5. The van der Waals surface area contributed by atoms with Crippen LogP contribution in [0.1, 0.15) is 37.2 Å². The van der Waals surface area contributed by atoms with Crippen LogP contribution in [0.25, 0.3) is 0 Å². The summed E-state index contributed by atoms with van der Waals surface area (Å²) in [6.07, 6.45) is 4.09. The molecule has 0 unspecified atom stereocenters. The van der Waals surface area contributed by atoms with E-state index in [4.69, 9.17) is 9.47 Å². The first-order chi connectivity index (χ1) is 11.7. The van der Waals surface area contributed by atoms with E-state index in [1.54, 1.807) is 6.33 Å². The van der Waals surface area contributed by atoms with Crippen molar-refractivity contribution in [3.63, 3.8) is 0 Å². The third kappa shape index (κ3) is 2.93. The number of benzene rings is 1. The van der Waals surface area contributed by atoms with Crippen LogP contribution in [0.3, 0.4) is 0 Å². The van der Waals surface area contributed by atoms with Crippen molar-refractivity contribution in [2.24, 2.45) is 5.92 Å². The minimum atomic E-state index is -0.0611. The molecule has 0 spiro atoms. The highest BCUT2D eigenvalue weighted by Crippen LogP contribution is 2.40. The zero-order valence-electron chi connectivity index (χ0n) is 13.6. The van der Waals surface area contributed by atoms with Gasteiger partial charge in [-0.15, -0.1) is 0 Å². The Labute approximate surface area is 140 Å². The smallest absolute Gasteiger partial charge is 0.231 e. The van der Waals surface area contributed by atoms with Crippen LogP contribution in [0.4, 0.5) is 0 Å². The molecule has 1 fully saturated rings. The Kier molecular flexibility index (Phi) is 3.84. The first-order valence-electron chi connectivity index (χ1n) is 8.30. The predicted molar refractivity (Wildman–Crippen MR) is 85.6 cm³/mol. The van der Waals surface area contributed by atoms with Crippen molar-refractivity contribution in [2.75, 3.05) is 6.79 Å². The van der Waals surface area contributed by atoms with Gasteiger partial charge in [0.15, 0.2) is 11.5 Å². The molecule has 1 atom stereocenters. The Morgan fingerprint density at radius 3 is 3.00 bits per heavy atom. The van der Waals surface area contributed by atoms with E-state index < -0.39 is 0 Å². The van der Waals surface area contributed by atoms with Crippen molar-refractivity contribution in [1.82, 2.24) is 20.1 Å². The normalized spacial score (nSPS) is 16.9. The molecular formula is C17H20N4O3. The molecule has 1 amide bonds. The third-order valence-electron chi connectivity index (χ3n) is 4.43. The largest absolute Gasteiger partial charge is 0.454 e. The van der Waals surface area contributed by atoms with Gasteiger partial charge in [0.2, 0.25) is 12.7 Å². The number of aromatic nitrogens is 3. The molecule has 1 N–H and O–H groups in total. The summed E-state index contributed by atoms with van der Waals surface area (Å²) in [5.41, 5.74) is 0.906. The molecule has 1 aliphatic carbocycles. The van der Waals surface area contributed by atoms with Crippen LogP contribution in [-0.4, -0.2) is 27.5 Å². The van der Waals surface area contributed by atoms with Gasteiger partial charge in [0.25, 0.3) is 0 Å². The summed E-state index contributed by atoms with van der Waals surface area (Å²) in [7, 11) is 0. The van der Waals surface area contributed by atoms with E-state index in [-0.39, 0.29) is 18.7 Å². The van der Waals surface area contributed by atoms with Crippen LogP contribution < -0.4 is 14.8 Å². The van der Waals surface area contributed by atoms with E-state index in [9.17, 15) is 4.79 Å². The number of hydrogen-bond acceptors (Lipinski definition) is 5. The molecule has 1 aliphatic heterocycles. The highest BCUT2D eigenvalue weighted by atomic mass is 16.7. The van der Waals surface area contributed by atoms with Gasteiger partial charge in [-0.05, 0) is 43.4 Å². The van der Waals surface area contributed by atoms with Crippen molar-refractivity contribution in [2.45, 2.75) is 38.8 Å². The number of fused-ring (bicyclic) bond motifs is 1. The van der Waals surface area contributed by atoms with Gasteiger partial charge < -0.3 is 14.8 Å². The van der Waals surface area contributed by atoms with Gasteiger partial charge in [-0.3, -0.25) is 4.79 Å². The van der Waals surface area contributed by atoms with Crippen LogP contribution >= 0.6 is 0 Å². The molecule has 7 nitrogen and oxygen atoms in total. The average molecular weight is 328 g/mol. The number of aryl methyl sites for hydroxylation is 1. The van der Waals surface area contributed by atoms with Crippen LogP contribution in [-0.2, 0) is 17.8 Å². The van der Waals surface area contributed by atoms with E-state index in [2.05, 4.69) is 15.4 Å². The van der Waals surface area contributed by atoms with Gasteiger partial charge in [-0.1, -0.05) is 6.07 Å². The number of ether oxygens (including phenoxy) is 2. The maximum absolute atomic E-state index is 12.5. The van der Waals surface area contributed by atoms with Gasteiger partial charge in [-0.25, -0.2) is 9.67 Å². The number of carbonyl (C=O) groups excluding carboxylic acids is 1.